The number of para-hydroxylation sites is 1. The molecule has 0 amide bonds. The monoisotopic (exact) mass is 305 g/mol. The largest absolute Gasteiger partial charge is 0.426 e. The van der Waals surface area contributed by atoms with Gasteiger partial charge in [-0.25, -0.2) is 0 Å². The van der Waals surface area contributed by atoms with E-state index in [1.54, 1.807) is 36.4 Å². The molecule has 0 fully saturated rings. The van der Waals surface area contributed by atoms with Crippen molar-refractivity contribution in [2.45, 2.75) is 12.6 Å². The highest BCUT2D eigenvalue weighted by molar-refractivity contribution is 5.75. The summed E-state index contributed by atoms with van der Waals surface area (Å²) in [7, 11) is 0. The van der Waals surface area contributed by atoms with E-state index in [0.717, 1.165) is 12.1 Å². The SMILES string of the molecule is N#Cc1cc(CC(=O)Oc2ccccc2)cc(C(F)(F)F)c1. The summed E-state index contributed by atoms with van der Waals surface area (Å²) in [6, 6.07) is 12.7. The fraction of sp³-hybridized carbons (Fsp3) is 0.125. The van der Waals surface area contributed by atoms with Crippen molar-refractivity contribution in [1.29, 1.82) is 5.26 Å². The van der Waals surface area contributed by atoms with E-state index in [2.05, 4.69) is 0 Å². The van der Waals surface area contributed by atoms with Crippen LogP contribution in [0.15, 0.2) is 48.5 Å². The number of ether oxygens (including phenoxy) is 1. The number of esters is 1. The molecule has 0 radical (unpaired) electrons. The molecule has 2 rings (SSSR count). The molecule has 2 aromatic rings. The standard InChI is InChI=1S/C16H10F3NO2/c17-16(18,19)13-7-11(6-12(8-13)10-20)9-15(21)22-14-4-2-1-3-5-14/h1-8H,9H2. The topological polar surface area (TPSA) is 50.1 Å². The van der Waals surface area contributed by atoms with Crippen LogP contribution in [0.4, 0.5) is 13.2 Å². The first-order chi connectivity index (χ1) is 10.4. The highest BCUT2D eigenvalue weighted by atomic mass is 19.4. The molecule has 0 aliphatic carbocycles. The van der Waals surface area contributed by atoms with Crippen molar-refractivity contribution in [3.8, 4) is 11.8 Å². The van der Waals surface area contributed by atoms with Crippen molar-refractivity contribution in [3.63, 3.8) is 0 Å². The molecule has 0 unspecified atom stereocenters. The lowest BCUT2D eigenvalue weighted by molar-refractivity contribution is -0.138. The molecule has 2 aromatic carbocycles. The first-order valence-electron chi connectivity index (χ1n) is 6.25. The van der Waals surface area contributed by atoms with Gasteiger partial charge in [0, 0.05) is 0 Å². The lowest BCUT2D eigenvalue weighted by atomic mass is 10.0. The zero-order valence-corrected chi connectivity index (χ0v) is 11.2. The number of carbonyl (C=O) groups is 1. The molecule has 112 valence electrons. The molecule has 6 heteroatoms. The van der Waals surface area contributed by atoms with Crippen LogP contribution in [0.25, 0.3) is 0 Å². The Balaban J connectivity index is 2.19. The summed E-state index contributed by atoms with van der Waals surface area (Å²) in [5.41, 5.74) is -1.04. The van der Waals surface area contributed by atoms with Gasteiger partial charge in [0.15, 0.2) is 0 Å². The maximum absolute atomic E-state index is 12.7. The van der Waals surface area contributed by atoms with Crippen molar-refractivity contribution >= 4 is 5.97 Å². The quantitative estimate of drug-likeness (QED) is 0.641. The van der Waals surface area contributed by atoms with E-state index in [1.165, 1.54) is 6.07 Å². The molecule has 0 aromatic heterocycles. The van der Waals surface area contributed by atoms with Crippen LogP contribution in [0.1, 0.15) is 16.7 Å². The van der Waals surface area contributed by atoms with Crippen LogP contribution in [0.2, 0.25) is 0 Å². The Labute approximate surface area is 124 Å². The van der Waals surface area contributed by atoms with Crippen LogP contribution in [0.5, 0.6) is 5.75 Å². The second kappa shape index (κ2) is 6.31. The van der Waals surface area contributed by atoms with Crippen molar-refractivity contribution in [1.82, 2.24) is 0 Å². The molecule has 0 heterocycles. The molecule has 0 N–H and O–H groups in total. The van der Waals surface area contributed by atoms with E-state index >= 15 is 0 Å². The zero-order chi connectivity index (χ0) is 16.2. The van der Waals surface area contributed by atoms with Crippen molar-refractivity contribution in [2.75, 3.05) is 0 Å². The molecule has 0 saturated heterocycles. The van der Waals surface area contributed by atoms with E-state index < -0.39 is 17.7 Å². The van der Waals surface area contributed by atoms with Gasteiger partial charge in [-0.15, -0.1) is 0 Å². The van der Waals surface area contributed by atoms with Gasteiger partial charge in [0.05, 0.1) is 23.6 Å². The summed E-state index contributed by atoms with van der Waals surface area (Å²) in [5.74, 6) is -0.394. The molecular formula is C16H10F3NO2. The van der Waals surface area contributed by atoms with Gasteiger partial charge in [-0.3, -0.25) is 4.79 Å². The summed E-state index contributed by atoms with van der Waals surface area (Å²) in [6.45, 7) is 0. The molecule has 0 aliphatic rings. The van der Waals surface area contributed by atoms with E-state index in [-0.39, 0.29) is 17.5 Å². The molecule has 0 spiro atoms. The third-order valence-corrected chi connectivity index (χ3v) is 2.77. The van der Waals surface area contributed by atoms with Crippen LogP contribution in [-0.2, 0) is 17.4 Å². The lowest BCUT2D eigenvalue weighted by Crippen LogP contribution is -2.13. The Morgan fingerprint density at radius 3 is 2.41 bits per heavy atom. The highest BCUT2D eigenvalue weighted by Gasteiger charge is 2.31. The number of hydrogen-bond donors (Lipinski definition) is 0. The average Bonchev–Trinajstić information content (AvgIpc) is 2.46. The molecule has 0 aliphatic heterocycles. The summed E-state index contributed by atoms with van der Waals surface area (Å²) < 4.78 is 43.2. The first kappa shape index (κ1) is 15.6. The normalized spacial score (nSPS) is 10.8. The van der Waals surface area contributed by atoms with Gasteiger partial charge in [0.2, 0.25) is 0 Å². The van der Waals surface area contributed by atoms with E-state index in [4.69, 9.17) is 10.00 Å². The number of nitriles is 1. The number of alkyl halides is 3. The Hall–Kier alpha value is -2.81. The predicted octanol–water partition coefficient (Wildman–Crippen LogP) is 3.73. The maximum Gasteiger partial charge on any atom is 0.416 e. The Morgan fingerprint density at radius 1 is 1.14 bits per heavy atom. The number of hydrogen-bond acceptors (Lipinski definition) is 3. The number of benzene rings is 2. The van der Waals surface area contributed by atoms with Gasteiger partial charge in [-0.2, -0.15) is 18.4 Å². The Morgan fingerprint density at radius 2 is 1.82 bits per heavy atom. The van der Waals surface area contributed by atoms with Crippen LogP contribution in [0, 0.1) is 11.3 Å². The van der Waals surface area contributed by atoms with Crippen LogP contribution in [0.3, 0.4) is 0 Å². The van der Waals surface area contributed by atoms with Crippen LogP contribution < -0.4 is 4.74 Å². The molecule has 0 bridgehead atoms. The third-order valence-electron chi connectivity index (χ3n) is 2.77. The maximum atomic E-state index is 12.7. The Bertz CT molecular complexity index is 718. The van der Waals surface area contributed by atoms with Crippen LogP contribution >= 0.6 is 0 Å². The van der Waals surface area contributed by atoms with Gasteiger partial charge in [-0.05, 0) is 35.9 Å². The molecule has 3 nitrogen and oxygen atoms in total. The van der Waals surface area contributed by atoms with Crippen molar-refractivity contribution in [3.05, 3.63) is 65.2 Å². The number of halogens is 3. The van der Waals surface area contributed by atoms with Gasteiger partial charge >= 0.3 is 12.1 Å². The van der Waals surface area contributed by atoms with Crippen LogP contribution in [-0.4, -0.2) is 5.97 Å². The number of rotatable bonds is 3. The summed E-state index contributed by atoms with van der Waals surface area (Å²) >= 11 is 0. The summed E-state index contributed by atoms with van der Waals surface area (Å²) in [6.07, 6.45) is -4.93. The molecule has 0 saturated carbocycles. The van der Waals surface area contributed by atoms with Gasteiger partial charge < -0.3 is 4.74 Å². The van der Waals surface area contributed by atoms with Crippen molar-refractivity contribution < 1.29 is 22.7 Å². The summed E-state index contributed by atoms with van der Waals surface area (Å²) in [4.78, 5) is 11.8. The molecular weight excluding hydrogens is 295 g/mol. The first-order valence-corrected chi connectivity index (χ1v) is 6.25. The van der Waals surface area contributed by atoms with Gasteiger partial charge in [-0.1, -0.05) is 18.2 Å². The smallest absolute Gasteiger partial charge is 0.416 e. The highest BCUT2D eigenvalue weighted by Crippen LogP contribution is 2.30. The predicted molar refractivity (Wildman–Crippen MR) is 71.9 cm³/mol. The Kier molecular flexibility index (Phi) is 4.47. The van der Waals surface area contributed by atoms with E-state index in [9.17, 15) is 18.0 Å². The molecule has 0 atom stereocenters. The lowest BCUT2D eigenvalue weighted by Gasteiger charge is -2.10. The minimum atomic E-state index is -4.58. The van der Waals surface area contributed by atoms with Gasteiger partial charge in [0.1, 0.15) is 5.75 Å². The number of nitrogens with zero attached hydrogens (tertiary/aromatic N) is 1. The van der Waals surface area contributed by atoms with Gasteiger partial charge in [0.25, 0.3) is 0 Å². The fourth-order valence-electron chi connectivity index (χ4n) is 1.85. The van der Waals surface area contributed by atoms with Crippen molar-refractivity contribution in [2.24, 2.45) is 0 Å². The third kappa shape index (κ3) is 4.09. The minimum absolute atomic E-state index is 0.0762. The summed E-state index contributed by atoms with van der Waals surface area (Å²) in [5, 5.41) is 8.79. The average molecular weight is 305 g/mol. The minimum Gasteiger partial charge on any atom is -0.426 e. The van der Waals surface area contributed by atoms with E-state index in [1.807, 2.05) is 0 Å². The zero-order valence-electron chi connectivity index (χ0n) is 11.2. The number of carbonyl (C=O) groups excluding carboxylic acids is 1. The second-order valence-corrected chi connectivity index (χ2v) is 4.49. The van der Waals surface area contributed by atoms with E-state index in [0.29, 0.717) is 5.75 Å². The second-order valence-electron chi connectivity index (χ2n) is 4.49. The molecule has 22 heavy (non-hydrogen) atoms. The fourth-order valence-corrected chi connectivity index (χ4v) is 1.85.